The predicted octanol–water partition coefficient (Wildman–Crippen LogP) is 1.28. The lowest BCUT2D eigenvalue weighted by molar-refractivity contribution is -0.136. The van der Waals surface area contributed by atoms with Crippen LogP contribution in [0.3, 0.4) is 0 Å². The number of benzene rings is 1. The largest absolute Gasteiger partial charge is 0.458 e. The zero-order valence-corrected chi connectivity index (χ0v) is 14.1. The van der Waals surface area contributed by atoms with Crippen molar-refractivity contribution in [2.75, 3.05) is 32.8 Å². The Morgan fingerprint density at radius 3 is 2.36 bits per heavy atom. The van der Waals surface area contributed by atoms with Crippen molar-refractivity contribution in [3.63, 3.8) is 0 Å². The Morgan fingerprint density at radius 1 is 1.23 bits per heavy atom. The van der Waals surface area contributed by atoms with Gasteiger partial charge in [0.15, 0.2) is 5.71 Å². The highest BCUT2D eigenvalue weighted by atomic mass is 32.2. The number of carbonyl (C=O) groups is 1. The van der Waals surface area contributed by atoms with Crippen molar-refractivity contribution >= 4 is 33.6 Å². The zero-order chi connectivity index (χ0) is 16.6. The smallest absolute Gasteiger partial charge is 0.361 e. The number of rotatable bonds is 8. The Labute approximate surface area is 133 Å². The van der Waals surface area contributed by atoms with Gasteiger partial charge in [0.25, 0.3) is 0 Å². The number of carbonyl (C=O) groups excluding carboxylic acids is 1. The maximum Gasteiger partial charge on any atom is 0.361 e. The van der Waals surface area contributed by atoms with Crippen LogP contribution >= 0.6 is 11.8 Å². The molecule has 0 aromatic heterocycles. The van der Waals surface area contributed by atoms with Crippen LogP contribution in [0.25, 0.3) is 0 Å². The summed E-state index contributed by atoms with van der Waals surface area (Å²) in [7, 11) is -2.35. The fraction of sp³-hybridized carbons (Fsp3) is 0.385. The quantitative estimate of drug-likeness (QED) is 0.230. The Morgan fingerprint density at radius 2 is 1.86 bits per heavy atom. The second kappa shape index (κ2) is 8.76. The zero-order valence-electron chi connectivity index (χ0n) is 12.4. The van der Waals surface area contributed by atoms with Crippen LogP contribution in [0.4, 0.5) is 0 Å². The minimum absolute atomic E-state index is 0.0239. The molecule has 0 spiro atoms. The first-order valence-electron chi connectivity index (χ1n) is 6.14. The summed E-state index contributed by atoms with van der Waals surface area (Å²) in [4.78, 5) is 13.0. The van der Waals surface area contributed by atoms with E-state index in [1.807, 2.05) is 6.26 Å². The molecule has 0 aliphatic rings. The molecule has 0 saturated carbocycles. The minimum Gasteiger partial charge on any atom is -0.458 e. The molecule has 0 aliphatic heterocycles. The first-order valence-corrected chi connectivity index (χ1v) is 9.18. The predicted molar refractivity (Wildman–Crippen MR) is 83.5 cm³/mol. The number of hydrogen-bond acceptors (Lipinski definition) is 8. The molecule has 1 aromatic rings. The van der Waals surface area contributed by atoms with E-state index in [9.17, 15) is 13.2 Å². The molecule has 0 fully saturated rings. The second-order valence-corrected chi connectivity index (χ2v) is 6.51. The average Bonchev–Trinajstić information content (AvgIpc) is 2.47. The van der Waals surface area contributed by atoms with Gasteiger partial charge in [0.05, 0.1) is 12.9 Å². The van der Waals surface area contributed by atoms with E-state index >= 15 is 0 Å². The number of nitrogens with zero attached hydrogens (tertiary/aromatic N) is 1. The molecule has 0 amide bonds. The molecule has 0 aliphatic carbocycles. The van der Waals surface area contributed by atoms with Gasteiger partial charge in [0, 0.05) is 17.6 Å². The molecule has 0 radical (unpaired) electrons. The number of thioether (sulfide) groups is 1. The summed E-state index contributed by atoms with van der Waals surface area (Å²) in [6.07, 6.45) is 2.75. The van der Waals surface area contributed by atoms with Gasteiger partial charge in [0.2, 0.25) is 0 Å². The summed E-state index contributed by atoms with van der Waals surface area (Å²) < 4.78 is 36.2. The van der Waals surface area contributed by atoms with Gasteiger partial charge in [-0.3, -0.25) is 4.28 Å². The lowest BCUT2D eigenvalue weighted by atomic mass is 10.1. The van der Waals surface area contributed by atoms with Gasteiger partial charge in [-0.1, -0.05) is 17.3 Å². The van der Waals surface area contributed by atoms with E-state index in [1.165, 1.54) is 18.9 Å². The van der Waals surface area contributed by atoms with Crippen molar-refractivity contribution in [1.82, 2.24) is 0 Å². The monoisotopic (exact) mass is 347 g/mol. The van der Waals surface area contributed by atoms with E-state index in [1.54, 1.807) is 24.3 Å². The highest BCUT2D eigenvalue weighted by Gasteiger charge is 2.18. The number of hydrogen-bond donors (Lipinski definition) is 0. The van der Waals surface area contributed by atoms with Gasteiger partial charge in [-0.05, 0) is 18.4 Å². The molecule has 0 unspecified atom stereocenters. The van der Waals surface area contributed by atoms with E-state index < -0.39 is 16.1 Å². The summed E-state index contributed by atoms with van der Waals surface area (Å²) in [5.41, 5.74) is 0.165. The van der Waals surface area contributed by atoms with Crippen LogP contribution in [0, 0.1) is 0 Å². The van der Waals surface area contributed by atoms with Crippen molar-refractivity contribution in [3.05, 3.63) is 29.8 Å². The molecule has 1 aromatic carbocycles. The van der Waals surface area contributed by atoms with Crippen LogP contribution in [0.1, 0.15) is 5.56 Å². The summed E-state index contributed by atoms with van der Waals surface area (Å²) in [5.74, 6) is -0.794. The summed E-state index contributed by atoms with van der Waals surface area (Å²) >= 11 is 1.53. The third-order valence-electron chi connectivity index (χ3n) is 2.34. The van der Waals surface area contributed by atoms with Crippen molar-refractivity contribution in [3.8, 4) is 0 Å². The Balaban J connectivity index is 3.01. The molecule has 1 rings (SSSR count). The molecule has 0 heterocycles. The minimum atomic E-state index is -3.82. The molecule has 22 heavy (non-hydrogen) atoms. The normalized spacial score (nSPS) is 12.0. The average molecular weight is 347 g/mol. The summed E-state index contributed by atoms with van der Waals surface area (Å²) in [5, 5.41) is 3.41. The van der Waals surface area contributed by atoms with Crippen LogP contribution in [-0.2, 0) is 28.7 Å². The Bertz CT molecular complexity index is 624. The number of ether oxygens (including phenoxy) is 2. The third-order valence-corrected chi connectivity index (χ3v) is 3.43. The highest BCUT2D eigenvalue weighted by molar-refractivity contribution is 7.98. The number of oxime groups is 1. The topological polar surface area (TPSA) is 91.3 Å². The molecule has 0 atom stereocenters. The van der Waals surface area contributed by atoms with Crippen LogP contribution in [0.5, 0.6) is 0 Å². The molecule has 0 saturated heterocycles. The number of methoxy groups -OCH3 is 1. The maximum atomic E-state index is 12.0. The first kappa shape index (κ1) is 18.5. The fourth-order valence-corrected chi connectivity index (χ4v) is 1.97. The second-order valence-electron chi connectivity index (χ2n) is 4.08. The highest BCUT2D eigenvalue weighted by Crippen LogP contribution is 2.16. The van der Waals surface area contributed by atoms with E-state index in [0.29, 0.717) is 5.56 Å². The van der Waals surface area contributed by atoms with Crippen molar-refractivity contribution < 1.29 is 27.0 Å². The molecule has 7 nitrogen and oxygen atoms in total. The molecule has 9 heteroatoms. The molecular formula is C13H17NO6S2. The lowest BCUT2D eigenvalue weighted by Gasteiger charge is -2.07. The van der Waals surface area contributed by atoms with E-state index in [0.717, 1.165) is 11.2 Å². The van der Waals surface area contributed by atoms with Crippen molar-refractivity contribution in [2.24, 2.45) is 5.16 Å². The van der Waals surface area contributed by atoms with Gasteiger partial charge in [-0.25, -0.2) is 4.79 Å². The Hall–Kier alpha value is -1.58. The van der Waals surface area contributed by atoms with Gasteiger partial charge >= 0.3 is 16.1 Å². The molecule has 0 N–H and O–H groups in total. The van der Waals surface area contributed by atoms with E-state index in [-0.39, 0.29) is 18.9 Å². The van der Waals surface area contributed by atoms with Crippen LogP contribution in [-0.4, -0.2) is 52.9 Å². The van der Waals surface area contributed by atoms with E-state index in [4.69, 9.17) is 9.47 Å². The van der Waals surface area contributed by atoms with Gasteiger partial charge in [-0.2, -0.15) is 8.42 Å². The van der Waals surface area contributed by atoms with Crippen molar-refractivity contribution in [2.45, 2.75) is 4.90 Å². The maximum absolute atomic E-state index is 12.0. The Kier molecular flexibility index (Phi) is 7.36. The van der Waals surface area contributed by atoms with Gasteiger partial charge in [-0.15, -0.1) is 11.8 Å². The molecule has 122 valence electrons. The molecular weight excluding hydrogens is 330 g/mol. The molecule has 0 bridgehead atoms. The number of esters is 1. The van der Waals surface area contributed by atoms with Gasteiger partial charge in [0.1, 0.15) is 6.61 Å². The standard InChI is InChI=1S/C13H17NO6S2/c1-18-8-9-19-13(15)12(14-20-22(3,16)17)10-4-6-11(21-2)7-5-10/h4-7H,8-9H2,1-3H3/b14-12-. The van der Waals surface area contributed by atoms with Crippen molar-refractivity contribution in [1.29, 1.82) is 0 Å². The fourth-order valence-electron chi connectivity index (χ4n) is 1.35. The lowest BCUT2D eigenvalue weighted by Crippen LogP contribution is -2.21. The van der Waals surface area contributed by atoms with Crippen LogP contribution in [0.2, 0.25) is 0 Å². The van der Waals surface area contributed by atoms with Crippen LogP contribution < -0.4 is 0 Å². The SMILES string of the molecule is COCCOC(=O)/C(=N\OS(C)(=O)=O)c1ccc(SC)cc1. The van der Waals surface area contributed by atoms with Crippen LogP contribution in [0.15, 0.2) is 34.3 Å². The van der Waals surface area contributed by atoms with E-state index in [2.05, 4.69) is 9.44 Å². The third kappa shape index (κ3) is 6.46. The van der Waals surface area contributed by atoms with Gasteiger partial charge < -0.3 is 9.47 Å². The summed E-state index contributed by atoms with van der Waals surface area (Å²) in [6, 6.07) is 6.82. The summed E-state index contributed by atoms with van der Waals surface area (Å²) in [6.45, 7) is 0.244. The first-order chi connectivity index (χ1) is 10.4.